The van der Waals surface area contributed by atoms with Crippen molar-refractivity contribution in [1.82, 2.24) is 30.5 Å². The summed E-state index contributed by atoms with van der Waals surface area (Å²) in [6.07, 6.45) is 1.91. The third-order valence-electron chi connectivity index (χ3n) is 3.10. The number of rotatable bonds is 5. The maximum Gasteiger partial charge on any atom is 0.230 e. The minimum atomic E-state index is 0.0367. The van der Waals surface area contributed by atoms with Gasteiger partial charge in [-0.25, -0.2) is 4.68 Å². The first-order valence-corrected chi connectivity index (χ1v) is 6.72. The summed E-state index contributed by atoms with van der Waals surface area (Å²) >= 11 is 0. The van der Waals surface area contributed by atoms with Gasteiger partial charge in [0.25, 0.3) is 0 Å². The lowest BCUT2D eigenvalue weighted by atomic mass is 10.2. The Bertz CT molecular complexity index is 705. The normalized spacial score (nSPS) is 12.5. The fourth-order valence-corrected chi connectivity index (χ4v) is 1.94. The molecular formula is C14H16N6O. The Morgan fingerprint density at radius 3 is 2.71 bits per heavy atom. The van der Waals surface area contributed by atoms with Crippen LogP contribution in [0, 0.1) is 6.92 Å². The van der Waals surface area contributed by atoms with Gasteiger partial charge in [0.2, 0.25) is 11.8 Å². The van der Waals surface area contributed by atoms with E-state index < -0.39 is 0 Å². The third kappa shape index (κ3) is 3.14. The highest BCUT2D eigenvalue weighted by molar-refractivity contribution is 5.30. The quantitative estimate of drug-likeness (QED) is 0.769. The molecule has 0 aliphatic rings. The molecule has 1 unspecified atom stereocenters. The van der Waals surface area contributed by atoms with E-state index in [1.165, 1.54) is 0 Å². The minimum Gasteiger partial charge on any atom is -0.424 e. The van der Waals surface area contributed by atoms with Crippen LogP contribution in [0.2, 0.25) is 0 Å². The number of para-hydroxylation sites is 1. The highest BCUT2D eigenvalue weighted by atomic mass is 16.4. The molecule has 0 saturated heterocycles. The summed E-state index contributed by atoms with van der Waals surface area (Å²) in [6, 6.07) is 9.91. The highest BCUT2D eigenvalue weighted by Crippen LogP contribution is 2.12. The van der Waals surface area contributed by atoms with E-state index in [0.717, 1.165) is 11.4 Å². The maximum absolute atomic E-state index is 5.32. The Morgan fingerprint density at radius 2 is 2.00 bits per heavy atom. The molecule has 2 heterocycles. The van der Waals surface area contributed by atoms with Crippen molar-refractivity contribution in [3.05, 3.63) is 54.0 Å². The molecule has 3 aromatic rings. The van der Waals surface area contributed by atoms with Gasteiger partial charge in [-0.1, -0.05) is 23.4 Å². The molecule has 3 rings (SSSR count). The van der Waals surface area contributed by atoms with Gasteiger partial charge in [-0.15, -0.1) is 15.3 Å². The van der Waals surface area contributed by atoms with Crippen molar-refractivity contribution in [2.24, 2.45) is 0 Å². The lowest BCUT2D eigenvalue weighted by Gasteiger charge is -2.08. The summed E-state index contributed by atoms with van der Waals surface area (Å²) in [5.41, 5.74) is 1.84. The van der Waals surface area contributed by atoms with Crippen molar-refractivity contribution in [2.75, 3.05) is 0 Å². The van der Waals surface area contributed by atoms with Gasteiger partial charge in [-0.2, -0.15) is 0 Å². The molecule has 0 saturated carbocycles. The summed E-state index contributed by atoms with van der Waals surface area (Å²) in [6.45, 7) is 4.29. The van der Waals surface area contributed by atoms with Crippen LogP contribution < -0.4 is 5.32 Å². The van der Waals surface area contributed by atoms with Crippen molar-refractivity contribution in [3.8, 4) is 5.69 Å². The van der Waals surface area contributed by atoms with Gasteiger partial charge in [0, 0.05) is 6.92 Å². The van der Waals surface area contributed by atoms with Gasteiger partial charge >= 0.3 is 0 Å². The number of hydrogen-bond donors (Lipinski definition) is 1. The average Bonchev–Trinajstić information content (AvgIpc) is 3.15. The first kappa shape index (κ1) is 13.4. The molecular weight excluding hydrogens is 268 g/mol. The predicted octanol–water partition coefficient (Wildman–Crippen LogP) is 1.81. The fraction of sp³-hybridized carbons (Fsp3) is 0.286. The van der Waals surface area contributed by atoms with Crippen molar-refractivity contribution in [1.29, 1.82) is 0 Å². The SMILES string of the molecule is Cc1nnc(CNC(C)c2cn(-c3ccccc3)nn2)o1. The Balaban J connectivity index is 1.65. The molecule has 1 atom stereocenters. The Morgan fingerprint density at radius 1 is 1.19 bits per heavy atom. The van der Waals surface area contributed by atoms with Crippen LogP contribution in [-0.2, 0) is 6.54 Å². The smallest absolute Gasteiger partial charge is 0.230 e. The number of hydrogen-bond acceptors (Lipinski definition) is 6. The molecule has 21 heavy (non-hydrogen) atoms. The van der Waals surface area contributed by atoms with Gasteiger partial charge in [0.1, 0.15) is 0 Å². The van der Waals surface area contributed by atoms with E-state index in [1.807, 2.05) is 43.5 Å². The summed E-state index contributed by atoms with van der Waals surface area (Å²) < 4.78 is 7.07. The van der Waals surface area contributed by atoms with Gasteiger partial charge in [0.15, 0.2) is 0 Å². The number of nitrogens with one attached hydrogen (secondary N) is 1. The monoisotopic (exact) mass is 284 g/mol. The van der Waals surface area contributed by atoms with Crippen LogP contribution >= 0.6 is 0 Å². The molecule has 0 spiro atoms. The zero-order valence-corrected chi connectivity index (χ0v) is 11.9. The molecule has 2 aromatic heterocycles. The molecule has 7 heteroatoms. The molecule has 108 valence electrons. The van der Waals surface area contributed by atoms with E-state index in [2.05, 4.69) is 25.8 Å². The number of aryl methyl sites for hydroxylation is 1. The second-order valence-electron chi connectivity index (χ2n) is 4.74. The molecule has 0 radical (unpaired) electrons. The topological polar surface area (TPSA) is 81.7 Å². The zero-order valence-electron chi connectivity index (χ0n) is 11.9. The summed E-state index contributed by atoms with van der Waals surface area (Å²) in [4.78, 5) is 0. The maximum atomic E-state index is 5.32. The standard InChI is InChI=1S/C14H16N6O/c1-10(15-8-14-18-16-11(2)21-14)13-9-20(19-17-13)12-6-4-3-5-7-12/h3-7,9-10,15H,8H2,1-2H3. The van der Waals surface area contributed by atoms with E-state index in [1.54, 1.807) is 11.6 Å². The second kappa shape index (κ2) is 5.84. The minimum absolute atomic E-state index is 0.0367. The molecule has 0 aliphatic carbocycles. The van der Waals surface area contributed by atoms with Crippen molar-refractivity contribution in [2.45, 2.75) is 26.4 Å². The largest absolute Gasteiger partial charge is 0.424 e. The number of nitrogens with zero attached hydrogens (tertiary/aromatic N) is 5. The van der Waals surface area contributed by atoms with Gasteiger partial charge < -0.3 is 9.73 Å². The van der Waals surface area contributed by atoms with Crippen LogP contribution in [0.15, 0.2) is 40.9 Å². The van der Waals surface area contributed by atoms with E-state index >= 15 is 0 Å². The van der Waals surface area contributed by atoms with Crippen LogP contribution in [0.4, 0.5) is 0 Å². The van der Waals surface area contributed by atoms with Crippen molar-refractivity contribution >= 4 is 0 Å². The molecule has 1 aromatic carbocycles. The average molecular weight is 284 g/mol. The Hall–Kier alpha value is -2.54. The summed E-state index contributed by atoms with van der Waals surface area (Å²) in [5.74, 6) is 1.13. The molecule has 0 amide bonds. The molecule has 1 N–H and O–H groups in total. The summed E-state index contributed by atoms with van der Waals surface area (Å²) in [7, 11) is 0. The van der Waals surface area contributed by atoms with E-state index in [-0.39, 0.29) is 6.04 Å². The fourth-order valence-electron chi connectivity index (χ4n) is 1.94. The van der Waals surface area contributed by atoms with Crippen LogP contribution in [0.25, 0.3) is 5.69 Å². The molecule has 7 nitrogen and oxygen atoms in total. The third-order valence-corrected chi connectivity index (χ3v) is 3.10. The molecule has 0 fully saturated rings. The van der Waals surface area contributed by atoms with Gasteiger partial charge in [-0.05, 0) is 19.1 Å². The lowest BCUT2D eigenvalue weighted by molar-refractivity contribution is 0.428. The predicted molar refractivity (Wildman–Crippen MR) is 75.6 cm³/mol. The van der Waals surface area contributed by atoms with E-state index in [0.29, 0.717) is 18.3 Å². The van der Waals surface area contributed by atoms with Crippen LogP contribution in [0.5, 0.6) is 0 Å². The molecule has 0 bridgehead atoms. The van der Waals surface area contributed by atoms with Crippen LogP contribution in [-0.4, -0.2) is 25.2 Å². The number of benzene rings is 1. The molecule has 0 aliphatic heterocycles. The van der Waals surface area contributed by atoms with Crippen LogP contribution in [0.3, 0.4) is 0 Å². The summed E-state index contributed by atoms with van der Waals surface area (Å²) in [5, 5.41) is 19.4. The first-order chi connectivity index (χ1) is 10.2. The lowest BCUT2D eigenvalue weighted by Crippen LogP contribution is -2.18. The zero-order chi connectivity index (χ0) is 14.7. The Labute approximate surface area is 122 Å². The Kier molecular flexibility index (Phi) is 3.74. The highest BCUT2D eigenvalue weighted by Gasteiger charge is 2.12. The second-order valence-corrected chi connectivity index (χ2v) is 4.74. The van der Waals surface area contributed by atoms with Crippen molar-refractivity contribution < 1.29 is 4.42 Å². The first-order valence-electron chi connectivity index (χ1n) is 6.72. The van der Waals surface area contributed by atoms with Crippen molar-refractivity contribution in [3.63, 3.8) is 0 Å². The number of aromatic nitrogens is 5. The van der Waals surface area contributed by atoms with Gasteiger partial charge in [0.05, 0.1) is 30.2 Å². The van der Waals surface area contributed by atoms with Gasteiger partial charge in [-0.3, -0.25) is 0 Å². The van der Waals surface area contributed by atoms with E-state index in [4.69, 9.17) is 4.42 Å². The van der Waals surface area contributed by atoms with E-state index in [9.17, 15) is 0 Å². The van der Waals surface area contributed by atoms with Crippen LogP contribution in [0.1, 0.15) is 30.4 Å².